The summed E-state index contributed by atoms with van der Waals surface area (Å²) >= 11 is 11.6. The summed E-state index contributed by atoms with van der Waals surface area (Å²) in [5.74, 6) is -1.29. The van der Waals surface area contributed by atoms with Crippen LogP contribution in [0.2, 0.25) is 10.0 Å². The zero-order valence-corrected chi connectivity index (χ0v) is 10.1. The zero-order valence-electron chi connectivity index (χ0n) is 8.62. The molecule has 4 heteroatoms. The van der Waals surface area contributed by atoms with Crippen molar-refractivity contribution >= 4 is 29.2 Å². The number of aliphatic carboxylic acids is 1. The Hall–Kier alpha value is -0.990. The number of hydrogen-bond donors (Lipinski definition) is 1. The van der Waals surface area contributed by atoms with Gasteiger partial charge in [0.25, 0.3) is 0 Å². The predicted octanol–water partition coefficient (Wildman–Crippen LogP) is 3.81. The van der Waals surface area contributed by atoms with Crippen molar-refractivity contribution in [3.05, 3.63) is 46.5 Å². The van der Waals surface area contributed by atoms with Crippen LogP contribution in [0.25, 0.3) is 0 Å². The molecule has 16 heavy (non-hydrogen) atoms. The fourth-order valence-electron chi connectivity index (χ4n) is 1.42. The monoisotopic (exact) mass is 258 g/mol. The molecule has 1 atom stereocenters. The molecule has 0 aromatic heterocycles. The van der Waals surface area contributed by atoms with Crippen LogP contribution in [-0.4, -0.2) is 11.1 Å². The number of rotatable bonds is 5. The van der Waals surface area contributed by atoms with Crippen LogP contribution >= 0.6 is 23.2 Å². The van der Waals surface area contributed by atoms with Gasteiger partial charge < -0.3 is 5.11 Å². The molecule has 0 bridgehead atoms. The zero-order chi connectivity index (χ0) is 12.1. The lowest BCUT2D eigenvalue weighted by Crippen LogP contribution is -2.15. The molecule has 0 spiro atoms. The van der Waals surface area contributed by atoms with E-state index >= 15 is 0 Å². The number of allylic oxidation sites excluding steroid dienone is 1. The minimum atomic E-state index is -0.828. The Morgan fingerprint density at radius 1 is 1.44 bits per heavy atom. The topological polar surface area (TPSA) is 37.3 Å². The Morgan fingerprint density at radius 2 is 2.12 bits per heavy atom. The van der Waals surface area contributed by atoms with Gasteiger partial charge in [0.15, 0.2) is 0 Å². The van der Waals surface area contributed by atoms with Crippen LogP contribution in [0.4, 0.5) is 0 Å². The van der Waals surface area contributed by atoms with E-state index in [1.807, 2.05) is 0 Å². The van der Waals surface area contributed by atoms with Gasteiger partial charge >= 0.3 is 5.97 Å². The summed E-state index contributed by atoms with van der Waals surface area (Å²) in [7, 11) is 0. The highest BCUT2D eigenvalue weighted by Crippen LogP contribution is 2.24. The minimum Gasteiger partial charge on any atom is -0.481 e. The molecule has 1 aromatic carbocycles. The molecular formula is C12H12Cl2O2. The lowest BCUT2D eigenvalue weighted by Gasteiger charge is -2.10. The molecule has 0 unspecified atom stereocenters. The molecule has 0 amide bonds. The first kappa shape index (κ1) is 13.1. The summed E-state index contributed by atoms with van der Waals surface area (Å²) in [6.07, 6.45) is 2.48. The van der Waals surface area contributed by atoms with Crippen molar-refractivity contribution in [1.82, 2.24) is 0 Å². The third-order valence-corrected chi connectivity index (χ3v) is 3.01. The SMILES string of the molecule is C=CC[C@@H](Cc1ccc(Cl)c(Cl)c1)C(=O)O. The first-order valence-electron chi connectivity index (χ1n) is 4.82. The Labute approximate surface area is 104 Å². The van der Waals surface area contributed by atoms with Crippen LogP contribution in [0, 0.1) is 5.92 Å². The molecular weight excluding hydrogens is 247 g/mol. The van der Waals surface area contributed by atoms with Crippen molar-refractivity contribution in [1.29, 1.82) is 0 Å². The second-order valence-corrected chi connectivity index (χ2v) is 4.33. The standard InChI is InChI=1S/C12H12Cl2O2/c1-2-3-9(12(15)16)6-8-4-5-10(13)11(14)7-8/h2,4-5,7,9H,1,3,6H2,(H,15,16)/t9-/m0/s1. The molecule has 1 aromatic rings. The summed E-state index contributed by atoms with van der Waals surface area (Å²) in [4.78, 5) is 10.9. The molecule has 0 aliphatic carbocycles. The molecule has 0 radical (unpaired) electrons. The molecule has 86 valence electrons. The van der Waals surface area contributed by atoms with Crippen molar-refractivity contribution in [2.75, 3.05) is 0 Å². The van der Waals surface area contributed by atoms with Gasteiger partial charge in [-0.05, 0) is 30.5 Å². The van der Waals surface area contributed by atoms with E-state index in [-0.39, 0.29) is 0 Å². The van der Waals surface area contributed by atoms with E-state index in [4.69, 9.17) is 28.3 Å². The molecule has 0 saturated heterocycles. The first-order valence-corrected chi connectivity index (χ1v) is 5.57. The number of carbonyl (C=O) groups is 1. The second kappa shape index (κ2) is 5.92. The number of carboxylic acid groups (broad SMARTS) is 1. The second-order valence-electron chi connectivity index (χ2n) is 3.51. The van der Waals surface area contributed by atoms with Gasteiger partial charge in [0.2, 0.25) is 0 Å². The number of benzene rings is 1. The van der Waals surface area contributed by atoms with Crippen molar-refractivity contribution in [2.24, 2.45) is 5.92 Å². The highest BCUT2D eigenvalue weighted by molar-refractivity contribution is 6.42. The maximum atomic E-state index is 10.9. The minimum absolute atomic E-state index is 0.429. The number of halogens is 2. The summed E-state index contributed by atoms with van der Waals surface area (Å²) in [6.45, 7) is 3.55. The number of carboxylic acids is 1. The lowest BCUT2D eigenvalue weighted by atomic mass is 9.96. The van der Waals surface area contributed by atoms with Gasteiger partial charge in [-0.25, -0.2) is 0 Å². The van der Waals surface area contributed by atoms with E-state index in [0.717, 1.165) is 5.56 Å². The largest absolute Gasteiger partial charge is 0.481 e. The normalized spacial score (nSPS) is 12.1. The maximum absolute atomic E-state index is 10.9. The molecule has 2 nitrogen and oxygen atoms in total. The summed E-state index contributed by atoms with van der Waals surface area (Å²) < 4.78 is 0. The molecule has 1 N–H and O–H groups in total. The highest BCUT2D eigenvalue weighted by Gasteiger charge is 2.16. The third kappa shape index (κ3) is 3.54. The van der Waals surface area contributed by atoms with Gasteiger partial charge in [-0.1, -0.05) is 35.3 Å². The lowest BCUT2D eigenvalue weighted by molar-refractivity contribution is -0.141. The van der Waals surface area contributed by atoms with Gasteiger partial charge in [-0.2, -0.15) is 0 Å². The van der Waals surface area contributed by atoms with E-state index in [9.17, 15) is 4.79 Å². The third-order valence-electron chi connectivity index (χ3n) is 2.27. The van der Waals surface area contributed by atoms with Crippen LogP contribution < -0.4 is 0 Å². The quantitative estimate of drug-likeness (QED) is 0.816. The average Bonchev–Trinajstić information content (AvgIpc) is 2.22. The van der Waals surface area contributed by atoms with E-state index < -0.39 is 11.9 Å². The Morgan fingerprint density at radius 3 is 2.62 bits per heavy atom. The van der Waals surface area contributed by atoms with E-state index in [2.05, 4.69) is 6.58 Å². The van der Waals surface area contributed by atoms with Crippen molar-refractivity contribution < 1.29 is 9.90 Å². The van der Waals surface area contributed by atoms with Gasteiger partial charge in [0, 0.05) is 0 Å². The maximum Gasteiger partial charge on any atom is 0.307 e. The Kier molecular flexibility index (Phi) is 4.84. The highest BCUT2D eigenvalue weighted by atomic mass is 35.5. The van der Waals surface area contributed by atoms with Crippen LogP contribution in [0.15, 0.2) is 30.9 Å². The van der Waals surface area contributed by atoms with E-state index in [1.54, 1.807) is 24.3 Å². The Bertz CT molecular complexity index is 402. The fraction of sp³-hybridized carbons (Fsp3) is 0.250. The van der Waals surface area contributed by atoms with Gasteiger partial charge in [-0.15, -0.1) is 6.58 Å². The molecule has 0 aliphatic rings. The van der Waals surface area contributed by atoms with E-state index in [1.165, 1.54) is 0 Å². The molecule has 0 aliphatic heterocycles. The number of hydrogen-bond acceptors (Lipinski definition) is 1. The van der Waals surface area contributed by atoms with Gasteiger partial charge in [0.1, 0.15) is 0 Å². The first-order chi connectivity index (χ1) is 7.54. The predicted molar refractivity (Wildman–Crippen MR) is 66.1 cm³/mol. The van der Waals surface area contributed by atoms with E-state index in [0.29, 0.717) is 22.9 Å². The van der Waals surface area contributed by atoms with Crippen LogP contribution in [0.3, 0.4) is 0 Å². The molecule has 0 heterocycles. The Balaban J connectivity index is 2.81. The van der Waals surface area contributed by atoms with Crippen LogP contribution in [0.5, 0.6) is 0 Å². The van der Waals surface area contributed by atoms with Gasteiger partial charge in [-0.3, -0.25) is 4.79 Å². The molecule has 0 fully saturated rings. The van der Waals surface area contributed by atoms with Crippen molar-refractivity contribution in [2.45, 2.75) is 12.8 Å². The van der Waals surface area contributed by atoms with Crippen LogP contribution in [-0.2, 0) is 11.2 Å². The summed E-state index contributed by atoms with van der Waals surface area (Å²) in [5, 5.41) is 9.90. The molecule has 1 rings (SSSR count). The summed E-state index contributed by atoms with van der Waals surface area (Å²) in [5.41, 5.74) is 0.864. The fourth-order valence-corrected chi connectivity index (χ4v) is 1.74. The van der Waals surface area contributed by atoms with Crippen LogP contribution in [0.1, 0.15) is 12.0 Å². The summed E-state index contributed by atoms with van der Waals surface area (Å²) in [6, 6.07) is 5.15. The molecule has 0 saturated carbocycles. The van der Waals surface area contributed by atoms with Crippen molar-refractivity contribution in [3.8, 4) is 0 Å². The van der Waals surface area contributed by atoms with Crippen molar-refractivity contribution in [3.63, 3.8) is 0 Å². The smallest absolute Gasteiger partial charge is 0.307 e. The van der Waals surface area contributed by atoms with Gasteiger partial charge in [0.05, 0.1) is 16.0 Å². The average molecular weight is 259 g/mol.